The lowest BCUT2D eigenvalue weighted by Crippen LogP contribution is -2.27. The van der Waals surface area contributed by atoms with Crippen LogP contribution in [0, 0.1) is 17.2 Å². The summed E-state index contributed by atoms with van der Waals surface area (Å²) >= 11 is 0. The zero-order valence-corrected chi connectivity index (χ0v) is 10.4. The highest BCUT2D eigenvalue weighted by molar-refractivity contribution is 5.44. The Kier molecular flexibility index (Phi) is 3.60. The molecule has 1 fully saturated rings. The van der Waals surface area contributed by atoms with Gasteiger partial charge in [0.15, 0.2) is 0 Å². The molecule has 2 rings (SSSR count). The highest BCUT2D eigenvalue weighted by Crippen LogP contribution is 2.18. The van der Waals surface area contributed by atoms with E-state index in [2.05, 4.69) is 27.9 Å². The molecule has 2 heterocycles. The summed E-state index contributed by atoms with van der Waals surface area (Å²) in [6, 6.07) is 5.73. The molecule has 1 aromatic rings. The Labute approximate surface area is 102 Å². The van der Waals surface area contributed by atoms with Gasteiger partial charge >= 0.3 is 0 Å². The number of hydrogen-bond acceptors (Lipinski definition) is 4. The quantitative estimate of drug-likeness (QED) is 0.786. The van der Waals surface area contributed by atoms with Crippen LogP contribution in [0.5, 0.6) is 0 Å². The molecule has 0 saturated carbocycles. The van der Waals surface area contributed by atoms with Gasteiger partial charge in [-0.1, -0.05) is 0 Å². The van der Waals surface area contributed by atoms with Crippen LogP contribution in [-0.4, -0.2) is 43.6 Å². The van der Waals surface area contributed by atoms with Gasteiger partial charge in [0.25, 0.3) is 0 Å². The predicted octanol–water partition coefficient (Wildman–Crippen LogP) is 1.34. The Balaban J connectivity index is 1.99. The zero-order chi connectivity index (χ0) is 12.3. The monoisotopic (exact) mass is 230 g/mol. The molecule has 1 atom stereocenters. The second-order valence-electron chi connectivity index (χ2n) is 4.81. The molecule has 0 aromatic carbocycles. The van der Waals surface area contributed by atoms with E-state index in [-0.39, 0.29) is 0 Å². The molecule has 0 spiro atoms. The van der Waals surface area contributed by atoms with Crippen LogP contribution in [0.15, 0.2) is 18.3 Å². The first-order chi connectivity index (χ1) is 8.19. The summed E-state index contributed by atoms with van der Waals surface area (Å²) < 4.78 is 0. The van der Waals surface area contributed by atoms with Crippen molar-refractivity contribution < 1.29 is 0 Å². The van der Waals surface area contributed by atoms with E-state index in [4.69, 9.17) is 5.26 Å². The maximum Gasteiger partial charge on any atom is 0.129 e. The summed E-state index contributed by atoms with van der Waals surface area (Å²) in [7, 11) is 4.20. The first-order valence-corrected chi connectivity index (χ1v) is 5.95. The SMILES string of the molecule is CN1CCC(CN(C)c2cc(C#N)ccn2)C1. The van der Waals surface area contributed by atoms with Crippen LogP contribution in [-0.2, 0) is 0 Å². The molecular formula is C13H18N4. The molecule has 1 aliphatic rings. The molecule has 0 radical (unpaired) electrons. The summed E-state index contributed by atoms with van der Waals surface area (Å²) in [5.41, 5.74) is 0.672. The van der Waals surface area contributed by atoms with Crippen molar-refractivity contribution in [2.24, 2.45) is 5.92 Å². The number of anilines is 1. The lowest BCUT2D eigenvalue weighted by Gasteiger charge is -2.22. The lowest BCUT2D eigenvalue weighted by molar-refractivity contribution is 0.395. The number of hydrogen-bond donors (Lipinski definition) is 0. The van der Waals surface area contributed by atoms with E-state index in [1.807, 2.05) is 13.1 Å². The topological polar surface area (TPSA) is 43.2 Å². The minimum Gasteiger partial charge on any atom is -0.359 e. The van der Waals surface area contributed by atoms with Crippen molar-refractivity contribution in [3.63, 3.8) is 0 Å². The Morgan fingerprint density at radius 2 is 2.47 bits per heavy atom. The van der Waals surface area contributed by atoms with E-state index in [1.165, 1.54) is 13.0 Å². The van der Waals surface area contributed by atoms with Crippen LogP contribution in [0.4, 0.5) is 5.82 Å². The van der Waals surface area contributed by atoms with Crippen molar-refractivity contribution in [2.45, 2.75) is 6.42 Å². The van der Waals surface area contributed by atoms with Gasteiger partial charge in [0.05, 0.1) is 11.6 Å². The highest BCUT2D eigenvalue weighted by atomic mass is 15.2. The highest BCUT2D eigenvalue weighted by Gasteiger charge is 2.21. The smallest absolute Gasteiger partial charge is 0.129 e. The summed E-state index contributed by atoms with van der Waals surface area (Å²) in [6.07, 6.45) is 2.95. The molecule has 0 bridgehead atoms. The molecule has 1 aliphatic heterocycles. The maximum atomic E-state index is 8.86. The second kappa shape index (κ2) is 5.15. The fourth-order valence-electron chi connectivity index (χ4n) is 2.35. The number of aromatic nitrogens is 1. The molecule has 0 N–H and O–H groups in total. The number of pyridine rings is 1. The summed E-state index contributed by atoms with van der Waals surface area (Å²) in [5.74, 6) is 1.59. The number of rotatable bonds is 3. The summed E-state index contributed by atoms with van der Waals surface area (Å²) in [6.45, 7) is 3.35. The summed E-state index contributed by atoms with van der Waals surface area (Å²) in [4.78, 5) is 8.81. The Morgan fingerprint density at radius 1 is 1.65 bits per heavy atom. The van der Waals surface area contributed by atoms with Crippen LogP contribution in [0.2, 0.25) is 0 Å². The Morgan fingerprint density at radius 3 is 3.12 bits per heavy atom. The van der Waals surface area contributed by atoms with Crippen molar-refractivity contribution in [2.75, 3.05) is 38.6 Å². The summed E-state index contributed by atoms with van der Waals surface area (Å²) in [5, 5.41) is 8.86. The molecule has 1 aromatic heterocycles. The van der Waals surface area contributed by atoms with E-state index in [0.717, 1.165) is 18.9 Å². The zero-order valence-electron chi connectivity index (χ0n) is 10.4. The van der Waals surface area contributed by atoms with E-state index in [0.29, 0.717) is 11.5 Å². The fraction of sp³-hybridized carbons (Fsp3) is 0.538. The van der Waals surface area contributed by atoms with Crippen molar-refractivity contribution >= 4 is 5.82 Å². The molecule has 1 saturated heterocycles. The predicted molar refractivity (Wildman–Crippen MR) is 67.8 cm³/mol. The largest absolute Gasteiger partial charge is 0.359 e. The molecule has 0 amide bonds. The van der Waals surface area contributed by atoms with Gasteiger partial charge in [-0.3, -0.25) is 0 Å². The van der Waals surface area contributed by atoms with Crippen molar-refractivity contribution in [1.29, 1.82) is 5.26 Å². The third-order valence-electron chi connectivity index (χ3n) is 3.29. The van der Waals surface area contributed by atoms with Gasteiger partial charge in [0.2, 0.25) is 0 Å². The van der Waals surface area contributed by atoms with Gasteiger partial charge in [-0.25, -0.2) is 4.98 Å². The molecule has 90 valence electrons. The van der Waals surface area contributed by atoms with Gasteiger partial charge in [0, 0.05) is 26.3 Å². The fourth-order valence-corrected chi connectivity index (χ4v) is 2.35. The van der Waals surface area contributed by atoms with E-state index in [9.17, 15) is 0 Å². The van der Waals surface area contributed by atoms with E-state index >= 15 is 0 Å². The van der Waals surface area contributed by atoms with Gasteiger partial charge in [-0.15, -0.1) is 0 Å². The van der Waals surface area contributed by atoms with Crippen LogP contribution in [0.1, 0.15) is 12.0 Å². The minimum atomic E-state index is 0.672. The molecule has 17 heavy (non-hydrogen) atoms. The standard InChI is InChI=1S/C13H18N4/c1-16-6-4-12(9-16)10-17(2)13-7-11(8-14)3-5-15-13/h3,5,7,12H,4,6,9-10H2,1-2H3. The van der Waals surface area contributed by atoms with Crippen LogP contribution in [0.3, 0.4) is 0 Å². The Bertz CT molecular complexity index is 424. The van der Waals surface area contributed by atoms with E-state index < -0.39 is 0 Å². The van der Waals surface area contributed by atoms with Crippen LogP contribution >= 0.6 is 0 Å². The van der Waals surface area contributed by atoms with Crippen LogP contribution in [0.25, 0.3) is 0 Å². The molecule has 4 nitrogen and oxygen atoms in total. The Hall–Kier alpha value is -1.60. The first-order valence-electron chi connectivity index (χ1n) is 5.95. The van der Waals surface area contributed by atoms with Gasteiger partial charge in [-0.2, -0.15) is 5.26 Å². The van der Waals surface area contributed by atoms with Crippen molar-refractivity contribution in [3.05, 3.63) is 23.9 Å². The minimum absolute atomic E-state index is 0.672. The number of likely N-dealkylation sites (tertiary alicyclic amines) is 1. The van der Waals surface area contributed by atoms with E-state index in [1.54, 1.807) is 12.3 Å². The van der Waals surface area contributed by atoms with Crippen molar-refractivity contribution in [1.82, 2.24) is 9.88 Å². The van der Waals surface area contributed by atoms with Crippen molar-refractivity contribution in [3.8, 4) is 6.07 Å². The molecular weight excluding hydrogens is 212 g/mol. The normalized spacial score (nSPS) is 20.2. The lowest BCUT2D eigenvalue weighted by atomic mass is 10.1. The van der Waals surface area contributed by atoms with Gasteiger partial charge in [0.1, 0.15) is 5.82 Å². The third kappa shape index (κ3) is 2.95. The second-order valence-corrected chi connectivity index (χ2v) is 4.81. The average Bonchev–Trinajstić information content (AvgIpc) is 2.75. The molecule has 1 unspecified atom stereocenters. The first kappa shape index (κ1) is 11.9. The van der Waals surface area contributed by atoms with Gasteiger partial charge in [-0.05, 0) is 38.1 Å². The molecule has 4 heteroatoms. The molecule has 0 aliphatic carbocycles. The third-order valence-corrected chi connectivity index (χ3v) is 3.29. The number of nitriles is 1. The maximum absolute atomic E-state index is 8.86. The average molecular weight is 230 g/mol. The van der Waals surface area contributed by atoms with Gasteiger partial charge < -0.3 is 9.80 Å². The number of nitrogens with zero attached hydrogens (tertiary/aromatic N) is 4. The van der Waals surface area contributed by atoms with Crippen LogP contribution < -0.4 is 4.90 Å².